The molecule has 0 saturated carbocycles. The monoisotopic (exact) mass is 322 g/mol. The van der Waals surface area contributed by atoms with Gasteiger partial charge >= 0.3 is 0 Å². The van der Waals surface area contributed by atoms with Crippen molar-refractivity contribution in [1.29, 1.82) is 0 Å². The highest BCUT2D eigenvalue weighted by molar-refractivity contribution is 6.36. The van der Waals surface area contributed by atoms with Crippen molar-refractivity contribution in [1.82, 2.24) is 4.90 Å². The fourth-order valence-corrected chi connectivity index (χ4v) is 2.67. The Morgan fingerprint density at radius 3 is 2.21 bits per heavy atom. The Kier molecular flexibility index (Phi) is 4.33. The molecular weight excluding hydrogens is 304 g/mol. The topological polar surface area (TPSA) is 58.6 Å². The molecule has 3 rings (SSSR count). The number of nitrogens with zero attached hydrogens (tertiary/aromatic N) is 1. The number of hydrogen-bond donors (Lipinski definition) is 1. The second-order valence-electron chi connectivity index (χ2n) is 5.32. The first-order valence-corrected chi connectivity index (χ1v) is 7.72. The first-order chi connectivity index (χ1) is 11.7. The Hall–Kier alpha value is -3.08. The van der Waals surface area contributed by atoms with Crippen molar-refractivity contribution in [3.63, 3.8) is 0 Å². The van der Waals surface area contributed by atoms with E-state index in [1.165, 1.54) is 4.90 Å². The highest BCUT2D eigenvalue weighted by Crippen LogP contribution is 2.31. The second-order valence-corrected chi connectivity index (χ2v) is 5.32. The first kappa shape index (κ1) is 15.8. The Bertz CT molecular complexity index is 795. The third kappa shape index (κ3) is 2.76. The van der Waals surface area contributed by atoms with Gasteiger partial charge in [-0.3, -0.25) is 14.5 Å². The molecule has 0 saturated heterocycles. The van der Waals surface area contributed by atoms with Crippen LogP contribution in [0, 0.1) is 0 Å². The molecule has 0 atom stereocenters. The van der Waals surface area contributed by atoms with E-state index in [1.54, 1.807) is 38.3 Å². The van der Waals surface area contributed by atoms with Crippen molar-refractivity contribution in [2.24, 2.45) is 0 Å². The molecule has 0 radical (unpaired) electrons. The number of para-hydroxylation sites is 1. The van der Waals surface area contributed by atoms with Crippen LogP contribution in [0.2, 0.25) is 0 Å². The highest BCUT2D eigenvalue weighted by Gasteiger charge is 2.38. The Morgan fingerprint density at radius 1 is 0.958 bits per heavy atom. The van der Waals surface area contributed by atoms with Gasteiger partial charge in [0, 0.05) is 12.2 Å². The van der Waals surface area contributed by atoms with Crippen LogP contribution in [-0.2, 0) is 9.59 Å². The number of methoxy groups -OCH3 is 1. The van der Waals surface area contributed by atoms with Crippen molar-refractivity contribution < 1.29 is 14.3 Å². The molecule has 2 amide bonds. The maximum absolute atomic E-state index is 12.7. The zero-order valence-electron chi connectivity index (χ0n) is 13.6. The van der Waals surface area contributed by atoms with E-state index in [0.717, 1.165) is 5.69 Å². The number of imide groups is 1. The van der Waals surface area contributed by atoms with Gasteiger partial charge in [-0.1, -0.05) is 30.3 Å². The van der Waals surface area contributed by atoms with E-state index in [4.69, 9.17) is 4.74 Å². The van der Waals surface area contributed by atoms with Gasteiger partial charge in [-0.2, -0.15) is 0 Å². The SMILES string of the molecule is CCN1C(=O)C(Nc2ccccc2)=C(c2ccc(OC)cc2)C1=O. The molecule has 2 aromatic rings. The summed E-state index contributed by atoms with van der Waals surface area (Å²) < 4.78 is 5.15. The summed E-state index contributed by atoms with van der Waals surface area (Å²) in [5, 5.41) is 3.10. The minimum Gasteiger partial charge on any atom is -0.497 e. The molecule has 5 nitrogen and oxygen atoms in total. The molecule has 2 aromatic carbocycles. The van der Waals surface area contributed by atoms with Gasteiger partial charge in [-0.15, -0.1) is 0 Å². The highest BCUT2D eigenvalue weighted by atomic mass is 16.5. The van der Waals surface area contributed by atoms with Crippen LogP contribution >= 0.6 is 0 Å². The largest absolute Gasteiger partial charge is 0.497 e. The van der Waals surface area contributed by atoms with Gasteiger partial charge in [0.25, 0.3) is 11.8 Å². The molecule has 1 aliphatic heterocycles. The fourth-order valence-electron chi connectivity index (χ4n) is 2.67. The van der Waals surface area contributed by atoms with Gasteiger partial charge in [0.2, 0.25) is 0 Å². The standard InChI is InChI=1S/C19H18N2O3/c1-3-21-18(22)16(13-9-11-15(24-2)12-10-13)17(19(21)23)20-14-7-5-4-6-8-14/h4-12,20H,3H2,1-2H3. The lowest BCUT2D eigenvalue weighted by Crippen LogP contribution is -2.32. The predicted octanol–water partition coefficient (Wildman–Crippen LogP) is 2.91. The van der Waals surface area contributed by atoms with Gasteiger partial charge in [-0.25, -0.2) is 0 Å². The maximum Gasteiger partial charge on any atom is 0.278 e. The summed E-state index contributed by atoms with van der Waals surface area (Å²) in [7, 11) is 1.58. The molecule has 0 bridgehead atoms. The van der Waals surface area contributed by atoms with Gasteiger partial charge in [-0.05, 0) is 36.8 Å². The van der Waals surface area contributed by atoms with Crippen LogP contribution in [0.4, 0.5) is 5.69 Å². The molecule has 1 N–H and O–H groups in total. The summed E-state index contributed by atoms with van der Waals surface area (Å²) in [5.41, 5.74) is 2.13. The van der Waals surface area contributed by atoms with E-state index in [9.17, 15) is 9.59 Å². The first-order valence-electron chi connectivity index (χ1n) is 7.72. The van der Waals surface area contributed by atoms with Crippen LogP contribution in [0.1, 0.15) is 12.5 Å². The van der Waals surface area contributed by atoms with E-state index in [2.05, 4.69) is 5.32 Å². The van der Waals surface area contributed by atoms with Crippen molar-refractivity contribution in [3.05, 3.63) is 65.9 Å². The van der Waals surface area contributed by atoms with E-state index in [-0.39, 0.29) is 11.8 Å². The fraction of sp³-hybridized carbons (Fsp3) is 0.158. The smallest absolute Gasteiger partial charge is 0.278 e. The molecule has 122 valence electrons. The number of ether oxygens (including phenoxy) is 1. The third-order valence-corrected chi connectivity index (χ3v) is 3.91. The van der Waals surface area contributed by atoms with Crippen LogP contribution < -0.4 is 10.1 Å². The van der Waals surface area contributed by atoms with E-state index in [0.29, 0.717) is 29.1 Å². The molecule has 0 spiro atoms. The second kappa shape index (κ2) is 6.58. The number of benzene rings is 2. The summed E-state index contributed by atoms with van der Waals surface area (Å²) in [5.74, 6) is 0.101. The van der Waals surface area contributed by atoms with Crippen molar-refractivity contribution in [2.45, 2.75) is 6.92 Å². The summed E-state index contributed by atoms with van der Waals surface area (Å²) in [6, 6.07) is 16.4. The van der Waals surface area contributed by atoms with Gasteiger partial charge in [0.1, 0.15) is 11.4 Å². The number of rotatable bonds is 5. The van der Waals surface area contributed by atoms with Crippen LogP contribution in [0.5, 0.6) is 5.75 Å². The van der Waals surface area contributed by atoms with Crippen LogP contribution in [0.3, 0.4) is 0 Å². The number of nitrogens with one attached hydrogen (secondary N) is 1. The number of likely N-dealkylation sites (N-methyl/N-ethyl adjacent to an activating group) is 1. The molecular formula is C19H18N2O3. The lowest BCUT2D eigenvalue weighted by molar-refractivity contribution is -0.136. The van der Waals surface area contributed by atoms with Gasteiger partial charge in [0.05, 0.1) is 12.7 Å². The molecule has 0 aromatic heterocycles. The summed E-state index contributed by atoms with van der Waals surface area (Å²) in [6.07, 6.45) is 0. The lowest BCUT2D eigenvalue weighted by atomic mass is 10.0. The lowest BCUT2D eigenvalue weighted by Gasteiger charge is -2.11. The molecule has 0 unspecified atom stereocenters. The Morgan fingerprint density at radius 2 is 1.62 bits per heavy atom. The predicted molar refractivity (Wildman–Crippen MR) is 92.4 cm³/mol. The zero-order chi connectivity index (χ0) is 17.1. The van der Waals surface area contributed by atoms with Gasteiger partial charge < -0.3 is 10.1 Å². The van der Waals surface area contributed by atoms with E-state index >= 15 is 0 Å². The quantitative estimate of drug-likeness (QED) is 0.860. The average molecular weight is 322 g/mol. The molecule has 1 aliphatic rings. The number of anilines is 1. The van der Waals surface area contributed by atoms with Crippen LogP contribution in [0.15, 0.2) is 60.3 Å². The van der Waals surface area contributed by atoms with Crippen LogP contribution in [0.25, 0.3) is 5.57 Å². The number of hydrogen-bond acceptors (Lipinski definition) is 4. The van der Waals surface area contributed by atoms with Crippen molar-refractivity contribution in [3.8, 4) is 5.75 Å². The van der Waals surface area contributed by atoms with Crippen molar-refractivity contribution in [2.75, 3.05) is 19.0 Å². The van der Waals surface area contributed by atoms with Crippen LogP contribution in [-0.4, -0.2) is 30.4 Å². The normalized spacial score (nSPS) is 14.3. The molecule has 24 heavy (non-hydrogen) atoms. The molecule has 1 heterocycles. The average Bonchev–Trinajstić information content (AvgIpc) is 2.86. The molecule has 0 aliphatic carbocycles. The van der Waals surface area contributed by atoms with E-state index < -0.39 is 0 Å². The number of carbonyl (C=O) groups excluding carboxylic acids is 2. The summed E-state index contributed by atoms with van der Waals surface area (Å²) >= 11 is 0. The summed E-state index contributed by atoms with van der Waals surface area (Å²) in [6.45, 7) is 2.12. The Balaban J connectivity index is 2.06. The zero-order valence-corrected chi connectivity index (χ0v) is 13.6. The molecule has 0 fully saturated rings. The Labute approximate surface area is 140 Å². The number of carbonyl (C=O) groups is 2. The molecule has 5 heteroatoms. The minimum atomic E-state index is -0.308. The van der Waals surface area contributed by atoms with Gasteiger partial charge in [0.15, 0.2) is 0 Å². The van der Waals surface area contributed by atoms with Crippen molar-refractivity contribution >= 4 is 23.1 Å². The number of amides is 2. The maximum atomic E-state index is 12.7. The minimum absolute atomic E-state index is 0.286. The summed E-state index contributed by atoms with van der Waals surface area (Å²) in [4.78, 5) is 26.5. The van der Waals surface area contributed by atoms with E-state index in [1.807, 2.05) is 30.3 Å². The third-order valence-electron chi connectivity index (χ3n) is 3.91.